The molecular weight excluding hydrogens is 430 g/mol. The Bertz CT molecular complexity index is 1130. The van der Waals surface area contributed by atoms with Crippen LogP contribution in [-0.4, -0.2) is 26.8 Å². The lowest BCUT2D eigenvalue weighted by Gasteiger charge is -2.65. The summed E-state index contributed by atoms with van der Waals surface area (Å²) in [6.45, 7) is 6.55. The van der Waals surface area contributed by atoms with Crippen LogP contribution in [0, 0.1) is 24.2 Å². The molecule has 3 aliphatic rings. The van der Waals surface area contributed by atoms with Crippen LogP contribution in [0.3, 0.4) is 0 Å². The lowest BCUT2D eigenvalue weighted by atomic mass is 9.43. The van der Waals surface area contributed by atoms with E-state index >= 15 is 0 Å². The van der Waals surface area contributed by atoms with Crippen molar-refractivity contribution >= 4 is 15.7 Å². The van der Waals surface area contributed by atoms with Crippen molar-refractivity contribution in [1.82, 2.24) is 0 Å². The SMILES string of the molecule is C=CC[C@]12/C(=N/S(=O)(=O)c3ccc(C)cc3)[C@H](CO[C@H]1C1CCCCC1)[C@H]2c1ccccc1. The van der Waals surface area contributed by atoms with Crippen LogP contribution < -0.4 is 0 Å². The van der Waals surface area contributed by atoms with Crippen molar-refractivity contribution in [3.05, 3.63) is 78.4 Å². The van der Waals surface area contributed by atoms with Gasteiger partial charge in [0.15, 0.2) is 0 Å². The van der Waals surface area contributed by atoms with Gasteiger partial charge in [-0.3, -0.25) is 0 Å². The van der Waals surface area contributed by atoms with Crippen molar-refractivity contribution in [3.8, 4) is 0 Å². The predicted molar refractivity (Wildman–Crippen MR) is 132 cm³/mol. The third-order valence-electron chi connectivity index (χ3n) is 8.00. The first-order chi connectivity index (χ1) is 16.0. The van der Waals surface area contributed by atoms with E-state index < -0.39 is 15.4 Å². The monoisotopic (exact) mass is 463 g/mol. The topological polar surface area (TPSA) is 55.7 Å². The van der Waals surface area contributed by atoms with Gasteiger partial charge in [-0.05, 0) is 49.8 Å². The van der Waals surface area contributed by atoms with Crippen LogP contribution in [0.4, 0.5) is 0 Å². The van der Waals surface area contributed by atoms with Crippen LogP contribution in [0.2, 0.25) is 0 Å². The molecule has 4 nitrogen and oxygen atoms in total. The van der Waals surface area contributed by atoms with Crippen molar-refractivity contribution in [2.75, 3.05) is 6.61 Å². The summed E-state index contributed by atoms with van der Waals surface area (Å²) in [6.07, 6.45) is 8.53. The molecule has 1 aliphatic heterocycles. The van der Waals surface area contributed by atoms with Gasteiger partial charge in [-0.2, -0.15) is 12.8 Å². The molecule has 5 rings (SSSR count). The van der Waals surface area contributed by atoms with Crippen LogP contribution in [0.15, 0.2) is 76.5 Å². The van der Waals surface area contributed by atoms with Gasteiger partial charge in [0.2, 0.25) is 0 Å². The van der Waals surface area contributed by atoms with Crippen LogP contribution >= 0.6 is 0 Å². The van der Waals surface area contributed by atoms with E-state index in [9.17, 15) is 8.42 Å². The Hall–Kier alpha value is -2.24. The fourth-order valence-corrected chi connectivity index (χ4v) is 7.74. The maximum Gasteiger partial charge on any atom is 0.282 e. The number of sulfonamides is 1. The van der Waals surface area contributed by atoms with Gasteiger partial charge < -0.3 is 4.74 Å². The summed E-state index contributed by atoms with van der Waals surface area (Å²) in [7, 11) is -3.80. The normalized spacial score (nSPS) is 31.2. The molecule has 0 unspecified atom stereocenters. The quantitative estimate of drug-likeness (QED) is 0.488. The number of benzene rings is 2. The zero-order chi connectivity index (χ0) is 23.1. The highest BCUT2D eigenvalue weighted by molar-refractivity contribution is 7.90. The number of rotatable bonds is 6. The van der Waals surface area contributed by atoms with E-state index in [-0.39, 0.29) is 22.8 Å². The van der Waals surface area contributed by atoms with E-state index in [1.165, 1.54) is 24.8 Å². The highest BCUT2D eigenvalue weighted by atomic mass is 32.2. The second-order valence-electron chi connectivity index (χ2n) is 9.94. The highest BCUT2D eigenvalue weighted by Crippen LogP contribution is 2.65. The molecule has 0 aromatic heterocycles. The molecular formula is C28H33NO3S. The molecule has 5 heteroatoms. The van der Waals surface area contributed by atoms with Gasteiger partial charge in [-0.25, -0.2) is 0 Å². The molecule has 0 N–H and O–H groups in total. The van der Waals surface area contributed by atoms with E-state index in [2.05, 4.69) is 35.2 Å². The van der Waals surface area contributed by atoms with Gasteiger partial charge in [-0.1, -0.05) is 73.4 Å². The van der Waals surface area contributed by atoms with E-state index in [4.69, 9.17) is 4.74 Å². The lowest BCUT2D eigenvalue weighted by molar-refractivity contribution is -0.147. The van der Waals surface area contributed by atoms with Crippen LogP contribution in [0.1, 0.15) is 55.6 Å². The average Bonchev–Trinajstić information content (AvgIpc) is 2.84. The first-order valence-corrected chi connectivity index (χ1v) is 13.6. The number of hydrogen-bond acceptors (Lipinski definition) is 3. The fourth-order valence-electron chi connectivity index (χ4n) is 6.59. The highest BCUT2D eigenvalue weighted by Gasteiger charge is 2.68. The zero-order valence-electron chi connectivity index (χ0n) is 19.3. The Morgan fingerprint density at radius 1 is 1.06 bits per heavy atom. The number of nitrogens with zero attached hydrogens (tertiary/aromatic N) is 1. The lowest BCUT2D eigenvalue weighted by Crippen LogP contribution is -2.69. The van der Waals surface area contributed by atoms with Crippen LogP contribution in [0.25, 0.3) is 0 Å². The molecule has 0 amide bonds. The Labute approximate surface area is 197 Å². The molecule has 2 saturated carbocycles. The molecule has 33 heavy (non-hydrogen) atoms. The third kappa shape index (κ3) is 3.79. The molecule has 2 aromatic carbocycles. The maximum absolute atomic E-state index is 13.4. The first kappa shape index (κ1) is 22.5. The Morgan fingerprint density at radius 2 is 1.76 bits per heavy atom. The molecule has 1 saturated heterocycles. The van der Waals surface area contributed by atoms with Crippen molar-refractivity contribution in [2.45, 2.75) is 62.4 Å². The number of hydrogen-bond donors (Lipinski definition) is 0. The minimum Gasteiger partial charge on any atom is -0.376 e. The number of aryl methyl sites for hydroxylation is 1. The average molecular weight is 464 g/mol. The summed E-state index contributed by atoms with van der Waals surface area (Å²) in [6, 6.07) is 17.5. The van der Waals surface area contributed by atoms with Crippen molar-refractivity contribution < 1.29 is 13.2 Å². The van der Waals surface area contributed by atoms with Gasteiger partial charge in [-0.15, -0.1) is 6.58 Å². The Morgan fingerprint density at radius 3 is 2.42 bits per heavy atom. The minimum absolute atomic E-state index is 0.0209. The summed E-state index contributed by atoms with van der Waals surface area (Å²) in [5.41, 5.74) is 2.63. The fraction of sp³-hybridized carbons (Fsp3) is 0.464. The summed E-state index contributed by atoms with van der Waals surface area (Å²) < 4.78 is 37.9. The molecule has 2 bridgehead atoms. The number of ether oxygens (including phenoxy) is 1. The van der Waals surface area contributed by atoms with Crippen molar-refractivity contribution in [2.24, 2.45) is 21.6 Å². The maximum atomic E-state index is 13.4. The smallest absolute Gasteiger partial charge is 0.282 e. The van der Waals surface area contributed by atoms with Gasteiger partial charge >= 0.3 is 0 Å². The van der Waals surface area contributed by atoms with E-state index in [0.29, 0.717) is 18.9 Å². The second kappa shape index (κ2) is 8.84. The molecule has 0 radical (unpaired) electrons. The molecule has 4 atom stereocenters. The first-order valence-electron chi connectivity index (χ1n) is 12.2. The minimum atomic E-state index is -3.80. The predicted octanol–water partition coefficient (Wildman–Crippen LogP) is 6.08. The molecule has 174 valence electrons. The largest absolute Gasteiger partial charge is 0.376 e. The van der Waals surface area contributed by atoms with Gasteiger partial charge in [0.1, 0.15) is 0 Å². The van der Waals surface area contributed by atoms with Gasteiger partial charge in [0, 0.05) is 23.0 Å². The van der Waals surface area contributed by atoms with E-state index in [0.717, 1.165) is 24.1 Å². The Balaban J connectivity index is 1.63. The standard InChI is InChI=1S/C28H33NO3S/c1-3-18-28-25(21-10-6-4-7-11-21)24(19-32-27(28)22-12-8-5-9-13-22)26(28)29-33(30,31)23-16-14-20(2)15-17-23/h3-4,6-7,10-11,14-17,22,24-25,27H,1,5,8-9,12-13,18-19H2,2H3/b29-26+/t24-,25-,27+,28+/m1/s1. The Kier molecular flexibility index (Phi) is 6.04. The molecule has 0 spiro atoms. The summed E-state index contributed by atoms with van der Waals surface area (Å²) >= 11 is 0. The molecule has 2 aliphatic carbocycles. The zero-order valence-corrected chi connectivity index (χ0v) is 20.1. The van der Waals surface area contributed by atoms with Crippen LogP contribution in [-0.2, 0) is 14.8 Å². The van der Waals surface area contributed by atoms with Crippen LogP contribution in [0.5, 0.6) is 0 Å². The van der Waals surface area contributed by atoms with Crippen molar-refractivity contribution in [3.63, 3.8) is 0 Å². The van der Waals surface area contributed by atoms with E-state index in [1.807, 2.05) is 31.2 Å². The van der Waals surface area contributed by atoms with E-state index in [1.54, 1.807) is 12.1 Å². The van der Waals surface area contributed by atoms with Gasteiger partial charge in [0.05, 0.1) is 17.6 Å². The number of fused-ring (bicyclic) bond motifs is 2. The molecule has 1 heterocycles. The van der Waals surface area contributed by atoms with Gasteiger partial charge in [0.25, 0.3) is 10.0 Å². The molecule has 3 fully saturated rings. The summed E-state index contributed by atoms with van der Waals surface area (Å²) in [5.74, 6) is 0.607. The second-order valence-corrected chi connectivity index (χ2v) is 11.5. The summed E-state index contributed by atoms with van der Waals surface area (Å²) in [5, 5.41) is 0. The van der Waals surface area contributed by atoms with Crippen molar-refractivity contribution in [1.29, 1.82) is 0 Å². The number of allylic oxidation sites excluding steroid dienone is 1. The molecule has 2 aromatic rings. The third-order valence-corrected chi connectivity index (χ3v) is 9.31. The summed E-state index contributed by atoms with van der Waals surface area (Å²) in [4.78, 5) is 0.255.